The third-order valence-electron chi connectivity index (χ3n) is 3.43. The number of carboxylic acid groups (broad SMARTS) is 1. The molecule has 8 heteroatoms. The summed E-state index contributed by atoms with van der Waals surface area (Å²) in [5.41, 5.74) is 0.275. The van der Waals surface area contributed by atoms with Gasteiger partial charge in [0, 0.05) is 18.2 Å². The topological polar surface area (TPSA) is 113 Å². The van der Waals surface area contributed by atoms with Gasteiger partial charge in [0.15, 0.2) is 0 Å². The van der Waals surface area contributed by atoms with Crippen LogP contribution >= 0.6 is 0 Å². The van der Waals surface area contributed by atoms with Crippen LogP contribution in [-0.2, 0) is 14.8 Å². The lowest BCUT2D eigenvalue weighted by atomic mass is 9.97. The summed E-state index contributed by atoms with van der Waals surface area (Å²) in [6.45, 7) is 7.30. The maximum atomic E-state index is 12.1. The highest BCUT2D eigenvalue weighted by Gasteiger charge is 2.20. The lowest BCUT2D eigenvalue weighted by Gasteiger charge is -2.15. The third-order valence-corrected chi connectivity index (χ3v) is 5.11. The van der Waals surface area contributed by atoms with Gasteiger partial charge in [-0.25, -0.2) is 13.1 Å². The van der Waals surface area contributed by atoms with Gasteiger partial charge in [-0.3, -0.25) is 9.59 Å². The van der Waals surface area contributed by atoms with Crippen LogP contribution in [0.3, 0.4) is 0 Å². The van der Waals surface area contributed by atoms with Crippen LogP contribution in [0.5, 0.6) is 0 Å². The van der Waals surface area contributed by atoms with E-state index in [1.807, 2.05) is 13.8 Å². The minimum Gasteiger partial charge on any atom is -0.481 e. The number of aliphatic carboxylic acids is 1. The molecule has 140 valence electrons. The van der Waals surface area contributed by atoms with Crippen molar-refractivity contribution in [2.24, 2.45) is 11.8 Å². The molecule has 25 heavy (non-hydrogen) atoms. The predicted molar refractivity (Wildman–Crippen MR) is 94.8 cm³/mol. The van der Waals surface area contributed by atoms with E-state index in [0.29, 0.717) is 6.42 Å². The number of benzene rings is 1. The van der Waals surface area contributed by atoms with E-state index < -0.39 is 27.8 Å². The molecule has 1 atom stereocenters. The average molecular weight is 370 g/mol. The van der Waals surface area contributed by atoms with Crippen molar-refractivity contribution in [1.29, 1.82) is 0 Å². The number of hydrogen-bond donors (Lipinski definition) is 3. The van der Waals surface area contributed by atoms with Crippen molar-refractivity contribution >= 4 is 21.9 Å². The molecule has 1 aromatic rings. The second-order valence-corrected chi connectivity index (χ2v) is 8.39. The second kappa shape index (κ2) is 8.96. The SMILES string of the molecule is CC(C)CC(CNC(=O)c1ccc(S(=O)(=O)NC(C)C)cc1)C(=O)O. The van der Waals surface area contributed by atoms with Crippen molar-refractivity contribution in [1.82, 2.24) is 10.0 Å². The maximum absolute atomic E-state index is 12.1. The Bertz CT molecular complexity index is 696. The van der Waals surface area contributed by atoms with Crippen molar-refractivity contribution < 1.29 is 23.1 Å². The van der Waals surface area contributed by atoms with Crippen LogP contribution in [0.1, 0.15) is 44.5 Å². The third kappa shape index (κ3) is 6.83. The first-order chi connectivity index (χ1) is 11.5. The number of hydrogen-bond acceptors (Lipinski definition) is 4. The van der Waals surface area contributed by atoms with Gasteiger partial charge >= 0.3 is 5.97 Å². The Balaban J connectivity index is 2.76. The number of carbonyl (C=O) groups is 2. The zero-order valence-corrected chi connectivity index (χ0v) is 15.8. The highest BCUT2D eigenvalue weighted by molar-refractivity contribution is 7.89. The molecule has 0 heterocycles. The van der Waals surface area contributed by atoms with Crippen LogP contribution < -0.4 is 10.0 Å². The standard InChI is InChI=1S/C17H26N2O5S/c1-11(2)9-14(17(21)22)10-18-16(20)13-5-7-15(8-6-13)25(23,24)19-12(3)4/h5-8,11-12,14,19H,9-10H2,1-4H3,(H,18,20)(H,21,22). The van der Waals surface area contributed by atoms with Gasteiger partial charge < -0.3 is 10.4 Å². The molecular formula is C17H26N2O5S. The molecule has 0 aliphatic carbocycles. The molecule has 0 bridgehead atoms. The van der Waals surface area contributed by atoms with Gasteiger partial charge in [-0.05, 0) is 50.5 Å². The Morgan fingerprint density at radius 1 is 1.08 bits per heavy atom. The number of carbonyl (C=O) groups excluding carboxylic acids is 1. The van der Waals surface area contributed by atoms with Crippen LogP contribution in [-0.4, -0.2) is 38.0 Å². The summed E-state index contributed by atoms with van der Waals surface area (Å²) >= 11 is 0. The predicted octanol–water partition coefficient (Wildman–Crippen LogP) is 1.85. The zero-order chi connectivity index (χ0) is 19.2. The molecule has 7 nitrogen and oxygen atoms in total. The largest absolute Gasteiger partial charge is 0.481 e. The van der Waals surface area contributed by atoms with Gasteiger partial charge in [-0.15, -0.1) is 0 Å². The monoisotopic (exact) mass is 370 g/mol. The lowest BCUT2D eigenvalue weighted by Crippen LogP contribution is -2.33. The minimum absolute atomic E-state index is 0.0291. The molecule has 1 unspecified atom stereocenters. The van der Waals surface area contributed by atoms with E-state index in [4.69, 9.17) is 0 Å². The summed E-state index contributed by atoms with van der Waals surface area (Å²) in [5, 5.41) is 11.8. The summed E-state index contributed by atoms with van der Waals surface area (Å²) in [7, 11) is -3.61. The molecule has 0 aliphatic rings. The van der Waals surface area contributed by atoms with E-state index >= 15 is 0 Å². The van der Waals surface area contributed by atoms with Crippen LogP contribution in [0.2, 0.25) is 0 Å². The summed E-state index contributed by atoms with van der Waals surface area (Å²) in [6, 6.07) is 5.28. The molecule has 0 aliphatic heterocycles. The van der Waals surface area contributed by atoms with E-state index in [1.165, 1.54) is 24.3 Å². The molecule has 0 radical (unpaired) electrons. The van der Waals surface area contributed by atoms with Gasteiger partial charge in [-0.1, -0.05) is 13.8 Å². The highest BCUT2D eigenvalue weighted by atomic mass is 32.2. The Morgan fingerprint density at radius 3 is 2.08 bits per heavy atom. The van der Waals surface area contributed by atoms with Crippen LogP contribution in [0.4, 0.5) is 0 Å². The molecule has 0 saturated heterocycles. The molecule has 0 fully saturated rings. The quantitative estimate of drug-likeness (QED) is 0.614. The van der Waals surface area contributed by atoms with E-state index in [2.05, 4.69) is 10.0 Å². The van der Waals surface area contributed by atoms with Crippen LogP contribution in [0.15, 0.2) is 29.2 Å². The maximum Gasteiger partial charge on any atom is 0.308 e. The van der Waals surface area contributed by atoms with E-state index in [0.717, 1.165) is 0 Å². The van der Waals surface area contributed by atoms with Crippen molar-refractivity contribution in [3.05, 3.63) is 29.8 Å². The second-order valence-electron chi connectivity index (χ2n) is 6.68. The zero-order valence-electron chi connectivity index (χ0n) is 14.9. The first-order valence-corrected chi connectivity index (χ1v) is 9.64. The lowest BCUT2D eigenvalue weighted by molar-refractivity contribution is -0.142. The fraction of sp³-hybridized carbons (Fsp3) is 0.529. The molecular weight excluding hydrogens is 344 g/mol. The first-order valence-electron chi connectivity index (χ1n) is 8.16. The molecule has 3 N–H and O–H groups in total. The molecule has 0 spiro atoms. The Labute approximate surface area is 148 Å². The summed E-state index contributed by atoms with van der Waals surface area (Å²) in [6.07, 6.45) is 0.466. The minimum atomic E-state index is -3.61. The molecule has 0 saturated carbocycles. The number of amides is 1. The first kappa shape index (κ1) is 21.1. The summed E-state index contributed by atoms with van der Waals surface area (Å²) < 4.78 is 26.5. The molecule has 1 aromatic carbocycles. The Morgan fingerprint density at radius 2 is 1.64 bits per heavy atom. The van der Waals surface area contributed by atoms with E-state index in [9.17, 15) is 23.1 Å². The fourth-order valence-corrected chi connectivity index (χ4v) is 3.57. The van der Waals surface area contributed by atoms with Crippen LogP contribution in [0.25, 0.3) is 0 Å². The molecule has 1 rings (SSSR count). The van der Waals surface area contributed by atoms with Crippen LogP contribution in [0, 0.1) is 11.8 Å². The summed E-state index contributed by atoms with van der Waals surface area (Å²) in [4.78, 5) is 23.4. The number of carboxylic acids is 1. The number of sulfonamides is 1. The van der Waals surface area contributed by atoms with Gasteiger partial charge in [0.05, 0.1) is 10.8 Å². The van der Waals surface area contributed by atoms with Gasteiger partial charge in [-0.2, -0.15) is 0 Å². The normalized spacial score (nSPS) is 13.0. The average Bonchev–Trinajstić information content (AvgIpc) is 2.49. The van der Waals surface area contributed by atoms with Crippen molar-refractivity contribution in [3.8, 4) is 0 Å². The van der Waals surface area contributed by atoms with Gasteiger partial charge in [0.2, 0.25) is 10.0 Å². The summed E-state index contributed by atoms with van der Waals surface area (Å²) in [5.74, 6) is -1.83. The number of rotatable bonds is 9. The number of nitrogens with one attached hydrogen (secondary N) is 2. The highest BCUT2D eigenvalue weighted by Crippen LogP contribution is 2.13. The Hall–Kier alpha value is -1.93. The van der Waals surface area contributed by atoms with E-state index in [1.54, 1.807) is 13.8 Å². The van der Waals surface area contributed by atoms with Crippen molar-refractivity contribution in [2.75, 3.05) is 6.54 Å². The fourth-order valence-electron chi connectivity index (χ4n) is 2.32. The van der Waals surface area contributed by atoms with Gasteiger partial charge in [0.1, 0.15) is 0 Å². The molecule has 1 amide bonds. The Kier molecular flexibility index (Phi) is 7.57. The van der Waals surface area contributed by atoms with Crippen molar-refractivity contribution in [2.45, 2.75) is 45.1 Å². The smallest absolute Gasteiger partial charge is 0.308 e. The molecule has 0 aromatic heterocycles. The van der Waals surface area contributed by atoms with Crippen molar-refractivity contribution in [3.63, 3.8) is 0 Å². The van der Waals surface area contributed by atoms with Gasteiger partial charge in [0.25, 0.3) is 5.91 Å². The van der Waals surface area contributed by atoms with E-state index in [-0.39, 0.29) is 29.0 Å².